The molecule has 0 fully saturated rings. The Kier molecular flexibility index (Phi) is 6.36. The molecule has 0 aliphatic heterocycles. The van der Waals surface area contributed by atoms with Crippen LogP contribution in [-0.2, 0) is 6.18 Å². The van der Waals surface area contributed by atoms with Crippen LogP contribution in [-0.4, -0.2) is 4.98 Å². The minimum atomic E-state index is -4.57. The molecule has 1 aromatic heterocycles. The van der Waals surface area contributed by atoms with E-state index < -0.39 is 28.7 Å². The zero-order chi connectivity index (χ0) is 22.2. The third kappa shape index (κ3) is 4.58. The van der Waals surface area contributed by atoms with Crippen molar-refractivity contribution in [2.75, 3.05) is 5.73 Å². The Hall–Kier alpha value is -2.22. The second-order valence-electron chi connectivity index (χ2n) is 6.32. The van der Waals surface area contributed by atoms with Crippen molar-refractivity contribution in [2.24, 2.45) is 0 Å². The second-order valence-corrected chi connectivity index (χ2v) is 7.51. The number of halogens is 7. The van der Waals surface area contributed by atoms with E-state index in [-0.39, 0.29) is 27.2 Å². The Labute approximate surface area is 184 Å². The zero-order valence-electron chi connectivity index (χ0n) is 15.2. The molecule has 0 spiro atoms. The number of anilines is 1. The van der Waals surface area contributed by atoms with Crippen molar-refractivity contribution >= 4 is 40.6 Å². The minimum Gasteiger partial charge on any atom is -0.482 e. The summed E-state index contributed by atoms with van der Waals surface area (Å²) in [6.07, 6.45) is -3.99. The number of benzene rings is 2. The predicted molar refractivity (Wildman–Crippen MR) is 110 cm³/mol. The Morgan fingerprint density at radius 2 is 1.70 bits per heavy atom. The first-order chi connectivity index (χ1) is 14.0. The van der Waals surface area contributed by atoms with Gasteiger partial charge in [0.1, 0.15) is 11.9 Å². The van der Waals surface area contributed by atoms with Crippen molar-refractivity contribution in [2.45, 2.75) is 19.2 Å². The number of rotatable bonds is 4. The maximum atomic E-state index is 13.8. The first kappa shape index (κ1) is 22.5. The quantitative estimate of drug-likeness (QED) is 0.310. The molecule has 0 radical (unpaired) electrons. The van der Waals surface area contributed by atoms with E-state index in [1.165, 1.54) is 30.5 Å². The highest BCUT2D eigenvalue weighted by atomic mass is 35.5. The van der Waals surface area contributed by atoms with E-state index in [4.69, 9.17) is 45.3 Å². The van der Waals surface area contributed by atoms with Gasteiger partial charge >= 0.3 is 6.18 Å². The molecule has 10 heteroatoms. The standard InChI is InChI=1S/C20H13Cl3F4N2O/c1-9(17-13(21)4-5-15(24)18(17)23)30-16-7-11(8-29-19(16)28)10-2-3-12(14(22)6-10)20(25,26)27/h2-9H,1H3,(H2,28,29). The fourth-order valence-corrected chi connectivity index (χ4v) is 3.76. The van der Waals surface area contributed by atoms with Crippen LogP contribution in [0.15, 0.2) is 42.6 Å². The summed E-state index contributed by atoms with van der Waals surface area (Å²) in [5.74, 6) is -0.523. The second kappa shape index (κ2) is 8.49. The lowest BCUT2D eigenvalue weighted by Gasteiger charge is -2.19. The lowest BCUT2D eigenvalue weighted by atomic mass is 10.0. The topological polar surface area (TPSA) is 48.1 Å². The first-order valence-corrected chi connectivity index (χ1v) is 9.55. The number of nitrogens with two attached hydrogens (primary N) is 1. The van der Waals surface area contributed by atoms with E-state index in [0.717, 1.165) is 12.1 Å². The summed E-state index contributed by atoms with van der Waals surface area (Å²) in [6.45, 7) is 1.59. The number of hydrogen-bond acceptors (Lipinski definition) is 3. The van der Waals surface area contributed by atoms with E-state index in [0.29, 0.717) is 11.1 Å². The van der Waals surface area contributed by atoms with Gasteiger partial charge < -0.3 is 10.5 Å². The van der Waals surface area contributed by atoms with Gasteiger partial charge in [-0.1, -0.05) is 40.9 Å². The molecular formula is C20H13Cl3F4N2O. The zero-order valence-corrected chi connectivity index (χ0v) is 17.5. The van der Waals surface area contributed by atoms with Gasteiger partial charge in [0.05, 0.1) is 15.6 Å². The van der Waals surface area contributed by atoms with Crippen LogP contribution < -0.4 is 10.5 Å². The molecule has 1 heterocycles. The summed E-state index contributed by atoms with van der Waals surface area (Å²) < 4.78 is 58.3. The van der Waals surface area contributed by atoms with Gasteiger partial charge in [0.15, 0.2) is 11.6 Å². The van der Waals surface area contributed by atoms with Gasteiger partial charge in [0, 0.05) is 22.3 Å². The smallest absolute Gasteiger partial charge is 0.417 e. The van der Waals surface area contributed by atoms with Crippen molar-refractivity contribution in [3.8, 4) is 16.9 Å². The van der Waals surface area contributed by atoms with Crippen LogP contribution >= 0.6 is 34.8 Å². The van der Waals surface area contributed by atoms with E-state index in [2.05, 4.69) is 4.98 Å². The normalized spacial score (nSPS) is 12.7. The highest BCUT2D eigenvalue weighted by Gasteiger charge is 2.33. The Bertz CT molecular complexity index is 1110. The Balaban J connectivity index is 1.95. The largest absolute Gasteiger partial charge is 0.482 e. The summed E-state index contributed by atoms with van der Waals surface area (Å²) in [5.41, 5.74) is 5.93. The van der Waals surface area contributed by atoms with Crippen LogP contribution in [0.2, 0.25) is 15.1 Å². The molecule has 158 valence electrons. The lowest BCUT2D eigenvalue weighted by Crippen LogP contribution is -2.08. The summed E-state index contributed by atoms with van der Waals surface area (Å²) >= 11 is 17.9. The number of pyridine rings is 1. The molecule has 2 N–H and O–H groups in total. The van der Waals surface area contributed by atoms with E-state index in [1.807, 2.05) is 0 Å². The third-order valence-corrected chi connectivity index (χ3v) is 5.31. The number of alkyl halides is 3. The molecule has 30 heavy (non-hydrogen) atoms. The molecule has 0 bridgehead atoms. The molecule has 1 atom stereocenters. The molecule has 2 aromatic carbocycles. The van der Waals surface area contributed by atoms with Gasteiger partial charge in [0.2, 0.25) is 0 Å². The molecule has 3 rings (SSSR count). The number of nitrogens with zero attached hydrogens (tertiary/aromatic N) is 1. The average molecular weight is 480 g/mol. The predicted octanol–water partition coefficient (Wildman–Crippen LogP) is 7.59. The summed E-state index contributed by atoms with van der Waals surface area (Å²) in [6, 6.07) is 7.27. The maximum Gasteiger partial charge on any atom is 0.417 e. The fraction of sp³-hybridized carbons (Fsp3) is 0.150. The van der Waals surface area contributed by atoms with Crippen LogP contribution in [0.1, 0.15) is 24.2 Å². The summed E-state index contributed by atoms with van der Waals surface area (Å²) in [4.78, 5) is 4.01. The van der Waals surface area contributed by atoms with E-state index in [9.17, 15) is 17.6 Å². The first-order valence-electron chi connectivity index (χ1n) is 8.41. The highest BCUT2D eigenvalue weighted by Crippen LogP contribution is 2.39. The van der Waals surface area contributed by atoms with Crippen LogP contribution in [0.5, 0.6) is 5.75 Å². The fourth-order valence-electron chi connectivity index (χ4n) is 2.80. The van der Waals surface area contributed by atoms with Gasteiger partial charge in [-0.25, -0.2) is 9.37 Å². The molecule has 1 unspecified atom stereocenters. The van der Waals surface area contributed by atoms with E-state index in [1.54, 1.807) is 6.92 Å². The van der Waals surface area contributed by atoms with E-state index >= 15 is 0 Å². The van der Waals surface area contributed by atoms with Gasteiger partial charge in [-0.05, 0) is 42.8 Å². The lowest BCUT2D eigenvalue weighted by molar-refractivity contribution is -0.137. The Morgan fingerprint density at radius 1 is 1.00 bits per heavy atom. The molecule has 0 aliphatic rings. The number of hydrogen-bond donors (Lipinski definition) is 1. The average Bonchev–Trinajstić information content (AvgIpc) is 2.65. The molecule has 3 nitrogen and oxygen atoms in total. The van der Waals surface area contributed by atoms with Crippen molar-refractivity contribution in [1.82, 2.24) is 4.98 Å². The summed E-state index contributed by atoms with van der Waals surface area (Å²) in [7, 11) is 0. The van der Waals surface area contributed by atoms with Crippen LogP contribution in [0, 0.1) is 5.82 Å². The number of nitrogen functional groups attached to an aromatic ring is 1. The van der Waals surface area contributed by atoms with Crippen LogP contribution in [0.3, 0.4) is 0 Å². The van der Waals surface area contributed by atoms with Gasteiger partial charge in [0.25, 0.3) is 0 Å². The number of aromatic nitrogens is 1. The molecular weight excluding hydrogens is 467 g/mol. The van der Waals surface area contributed by atoms with Crippen molar-refractivity contribution in [1.29, 1.82) is 0 Å². The van der Waals surface area contributed by atoms with Crippen LogP contribution in [0.4, 0.5) is 23.4 Å². The Morgan fingerprint density at radius 3 is 2.33 bits per heavy atom. The van der Waals surface area contributed by atoms with Crippen molar-refractivity contribution in [3.05, 3.63) is 74.6 Å². The number of ether oxygens (including phenoxy) is 1. The van der Waals surface area contributed by atoms with Crippen molar-refractivity contribution < 1.29 is 22.3 Å². The molecule has 0 amide bonds. The maximum absolute atomic E-state index is 13.8. The van der Waals surface area contributed by atoms with Crippen molar-refractivity contribution in [3.63, 3.8) is 0 Å². The molecule has 3 aromatic rings. The minimum absolute atomic E-state index is 0.0206. The molecule has 0 saturated heterocycles. The van der Waals surface area contributed by atoms with Crippen LogP contribution in [0.25, 0.3) is 11.1 Å². The highest BCUT2D eigenvalue weighted by molar-refractivity contribution is 6.36. The SMILES string of the molecule is CC(Oc1cc(-c2ccc(C(F)(F)F)c(Cl)c2)cnc1N)c1c(Cl)ccc(F)c1Cl. The monoisotopic (exact) mass is 478 g/mol. The molecule has 0 aliphatic carbocycles. The van der Waals surface area contributed by atoms with Gasteiger partial charge in [-0.15, -0.1) is 0 Å². The molecule has 0 saturated carbocycles. The van der Waals surface area contributed by atoms with Gasteiger partial charge in [-0.3, -0.25) is 0 Å². The third-order valence-electron chi connectivity index (χ3n) is 4.28. The summed E-state index contributed by atoms with van der Waals surface area (Å²) in [5, 5.41) is -0.440. The van der Waals surface area contributed by atoms with Gasteiger partial charge in [-0.2, -0.15) is 13.2 Å².